The Kier molecular flexibility index (Phi) is 133. The molecule has 0 unspecified atom stereocenters. The second-order valence-corrected chi connectivity index (χ2v) is 2.45. The van der Waals surface area contributed by atoms with E-state index in [1.165, 1.54) is 0 Å². The van der Waals surface area contributed by atoms with Crippen molar-refractivity contribution in [3.05, 3.63) is 0 Å². The molecule has 0 amide bonds. The largest absolute Gasteiger partial charge is 2.00 e. The van der Waals surface area contributed by atoms with Gasteiger partial charge in [0.25, 0.3) is 0 Å². The third-order valence-electron chi connectivity index (χ3n) is 0. The zero-order valence-electron chi connectivity index (χ0n) is 7.40. The topological polar surface area (TPSA) is 344 Å². The summed E-state index contributed by atoms with van der Waals surface area (Å²) in [6.07, 6.45) is 0. The van der Waals surface area contributed by atoms with Crippen LogP contribution in [0.15, 0.2) is 0 Å². The molecule has 0 N–H and O–H groups in total. The van der Waals surface area contributed by atoms with Crippen LogP contribution in [0.5, 0.6) is 0 Å². The van der Waals surface area contributed by atoms with Gasteiger partial charge in [-0.1, -0.05) is 0 Å². The van der Waals surface area contributed by atoms with Crippen LogP contribution in [0, 0.1) is 0 Å². The van der Waals surface area contributed by atoms with Gasteiger partial charge in [-0.05, 0) is 0 Å². The van der Waals surface area contributed by atoms with E-state index in [4.69, 9.17) is 35.0 Å². The molecule has 110 valence electrons. The van der Waals surface area contributed by atoms with Crippen LogP contribution < -0.4 is 36.9 Å². The summed E-state index contributed by atoms with van der Waals surface area (Å²) in [5.74, 6) is 0. The summed E-state index contributed by atoms with van der Waals surface area (Å²) in [5, 5.41) is 0. The Labute approximate surface area is 126 Å². The van der Waals surface area contributed by atoms with Gasteiger partial charge in [0, 0.05) is 57.7 Å². The Morgan fingerprint density at radius 1 is 0.444 bits per heavy atom. The Hall–Kier alpha value is 0.487. The monoisotopic (exact) mass is 392 g/mol. The molecule has 0 rings (SSSR count). The molecule has 0 aromatic carbocycles. The van der Waals surface area contributed by atoms with Crippen LogP contribution in [0.1, 0.15) is 0 Å². The molecular weight excluding hydrogens is 394 g/mol. The standard InChI is InChI=1S/6N.2Ni.2H2O4S/c;;;;;;;;2*1-5(2,3)4/h;;;;;;;;2*(H2,1,2,3,4)/q;;;;;;2*+2;;/p-4. The third-order valence-corrected chi connectivity index (χ3v) is 0. The van der Waals surface area contributed by atoms with Crippen LogP contribution in [-0.4, -0.2) is 35.0 Å². The molecule has 0 fully saturated rings. The van der Waals surface area contributed by atoms with Crippen LogP contribution in [0.4, 0.5) is 0 Å². The molecule has 0 saturated heterocycles. The second-order valence-electron chi connectivity index (χ2n) is 0.816. The third kappa shape index (κ3) is 16700. The molecule has 0 atom stereocenters. The van der Waals surface area contributed by atoms with Crippen molar-refractivity contribution in [1.29, 1.82) is 0 Å². The van der Waals surface area contributed by atoms with Crippen LogP contribution in [0.25, 0.3) is 0 Å². The van der Waals surface area contributed by atoms with Crippen molar-refractivity contribution < 1.29 is 68.0 Å². The first kappa shape index (κ1) is 78.5. The van der Waals surface area contributed by atoms with E-state index >= 15 is 0 Å². The first-order valence-electron chi connectivity index (χ1n) is 1.33. The maximum absolute atomic E-state index is 8.52. The summed E-state index contributed by atoms with van der Waals surface area (Å²) >= 11 is 0. The van der Waals surface area contributed by atoms with E-state index in [9.17, 15) is 0 Å². The average Bonchev–Trinajstić information content (AvgIpc) is 1.12. The predicted octanol–water partition coefficient (Wildman–Crippen LogP) is -5.56. The number of hydrogen-bond acceptors (Lipinski definition) is 8. The minimum Gasteiger partial charge on any atom is -0.759 e. The summed E-state index contributed by atoms with van der Waals surface area (Å²) in [7, 11) is -10.3. The smallest absolute Gasteiger partial charge is 0.759 e. The van der Waals surface area contributed by atoms with Gasteiger partial charge >= 0.3 is 33.0 Å². The second kappa shape index (κ2) is 30.5. The fraction of sp³-hybridized carbons (Fsp3) is 0. The molecule has 18 heteroatoms. The van der Waals surface area contributed by atoms with Crippen molar-refractivity contribution in [2.24, 2.45) is 0 Å². The van der Waals surface area contributed by atoms with Gasteiger partial charge in [-0.2, -0.15) is 0 Å². The van der Waals surface area contributed by atoms with Crippen LogP contribution in [0.2, 0.25) is 0 Å². The van der Waals surface area contributed by atoms with E-state index in [-0.39, 0.29) is 69.9 Å². The molecule has 18 radical (unpaired) electrons. The quantitative estimate of drug-likeness (QED) is 0.216. The Morgan fingerprint density at radius 3 is 0.444 bits per heavy atom. The van der Waals surface area contributed by atoms with Crippen molar-refractivity contribution in [3.8, 4) is 0 Å². The van der Waals surface area contributed by atoms with Crippen LogP contribution in [-0.2, 0) is 53.8 Å². The minimum absolute atomic E-state index is 0. The fourth-order valence-electron chi connectivity index (χ4n) is 0. The van der Waals surface area contributed by atoms with Gasteiger partial charge in [-0.25, -0.2) is 0 Å². The van der Waals surface area contributed by atoms with Crippen LogP contribution >= 0.6 is 0 Å². The molecule has 0 aliphatic rings. The zero-order chi connectivity index (χ0) is 9.00. The van der Waals surface area contributed by atoms with Crippen molar-refractivity contribution in [3.63, 3.8) is 0 Å². The van der Waals surface area contributed by atoms with Gasteiger partial charge < -0.3 is 18.2 Å². The molecule has 18 heavy (non-hydrogen) atoms. The molecule has 0 aromatic heterocycles. The molecule has 14 nitrogen and oxygen atoms in total. The summed E-state index contributed by atoms with van der Waals surface area (Å²) in [5.41, 5.74) is 0. The Balaban J connectivity index is -0.00000000615. The molecule has 0 bridgehead atoms. The van der Waals surface area contributed by atoms with Gasteiger partial charge in [-0.15, -0.1) is 0 Å². The summed E-state index contributed by atoms with van der Waals surface area (Å²) in [4.78, 5) is 0. The van der Waals surface area contributed by atoms with Crippen molar-refractivity contribution >= 4 is 20.8 Å². The average molecular weight is 394 g/mol. The van der Waals surface area contributed by atoms with E-state index < -0.39 is 20.8 Å². The molecule has 0 saturated carbocycles. The molecule has 0 heterocycles. The first-order valence-corrected chi connectivity index (χ1v) is 4.00. The normalized spacial score (nSPS) is 6.44. The Morgan fingerprint density at radius 2 is 0.444 bits per heavy atom. The van der Waals surface area contributed by atoms with Crippen molar-refractivity contribution in [2.45, 2.75) is 0 Å². The van der Waals surface area contributed by atoms with Gasteiger partial charge in [0.05, 0.1) is 0 Å². The zero-order valence-corrected chi connectivity index (χ0v) is 11.0. The molecule has 0 spiro atoms. The summed E-state index contributed by atoms with van der Waals surface area (Å²) in [6.45, 7) is 0. The van der Waals surface area contributed by atoms with Gasteiger partial charge in [0.15, 0.2) is 0 Å². The minimum atomic E-state index is -5.17. The van der Waals surface area contributed by atoms with Gasteiger partial charge in [0.2, 0.25) is 0 Å². The summed E-state index contributed by atoms with van der Waals surface area (Å²) in [6, 6.07) is 0. The van der Waals surface area contributed by atoms with Gasteiger partial charge in [-0.3, -0.25) is 16.8 Å². The fourth-order valence-corrected chi connectivity index (χ4v) is 0. The van der Waals surface area contributed by atoms with E-state index in [1.807, 2.05) is 0 Å². The Bertz CT molecular complexity index is 228. The van der Waals surface area contributed by atoms with E-state index in [2.05, 4.69) is 0 Å². The SMILES string of the molecule is O=S(=O)([O-])[O-].O=S(=O)([O-])[O-].[N].[N].[N].[N].[N].[N].[Ni+2].[Ni+2]. The number of rotatable bonds is 0. The maximum atomic E-state index is 8.52. The number of hydrogen-bond donors (Lipinski definition) is 0. The predicted molar refractivity (Wildman–Crippen MR) is 33.8 cm³/mol. The van der Waals surface area contributed by atoms with Crippen molar-refractivity contribution in [2.75, 3.05) is 0 Å². The first-order chi connectivity index (χ1) is 4.00. The van der Waals surface area contributed by atoms with E-state index in [0.717, 1.165) is 0 Å². The molecule has 0 aliphatic carbocycles. The van der Waals surface area contributed by atoms with E-state index in [0.29, 0.717) is 0 Å². The molecular formula is N6Ni2O8S2. The summed E-state index contributed by atoms with van der Waals surface area (Å²) < 4.78 is 68.2. The van der Waals surface area contributed by atoms with Crippen molar-refractivity contribution in [1.82, 2.24) is 36.9 Å². The van der Waals surface area contributed by atoms with Crippen LogP contribution in [0.3, 0.4) is 0 Å². The van der Waals surface area contributed by atoms with Gasteiger partial charge in [0.1, 0.15) is 0 Å². The number of nitrogens with zero attached hydrogens (tertiary/aromatic N) is 6. The molecule has 0 aromatic rings. The van der Waals surface area contributed by atoms with E-state index in [1.54, 1.807) is 0 Å². The maximum Gasteiger partial charge on any atom is 2.00 e. The molecule has 0 aliphatic heterocycles.